The van der Waals surface area contributed by atoms with Crippen LogP contribution in [0.15, 0.2) is 36.4 Å². The van der Waals surface area contributed by atoms with Gasteiger partial charge in [0.05, 0.1) is 38.9 Å². The van der Waals surface area contributed by atoms with Crippen molar-refractivity contribution in [2.75, 3.05) is 21.3 Å². The van der Waals surface area contributed by atoms with Gasteiger partial charge < -0.3 is 24.1 Å². The summed E-state index contributed by atoms with van der Waals surface area (Å²) in [5.74, 6) is 1.95. The standard InChI is InChI=1S/C24H31N3O4/c1-5-6-7-10-13-27-19-12-9-8-11-18(19)26-22(27)16-25-24(28)17-14-20(29-2)23(31-4)21(15-17)30-3/h8-9,11-12,14-15H,5-7,10,13,16H2,1-4H3,(H,25,28). The number of carbonyl (C=O) groups is 1. The van der Waals surface area contributed by atoms with Crippen molar-refractivity contribution in [3.63, 3.8) is 0 Å². The zero-order valence-corrected chi connectivity index (χ0v) is 18.7. The molecule has 0 unspecified atom stereocenters. The van der Waals surface area contributed by atoms with Crippen molar-refractivity contribution in [2.24, 2.45) is 0 Å². The Kier molecular flexibility index (Phi) is 7.76. The average Bonchev–Trinajstić information content (AvgIpc) is 3.16. The van der Waals surface area contributed by atoms with E-state index in [0.29, 0.717) is 29.4 Å². The summed E-state index contributed by atoms with van der Waals surface area (Å²) in [5.41, 5.74) is 2.46. The molecule has 0 atom stereocenters. The fraction of sp³-hybridized carbons (Fsp3) is 0.417. The molecule has 0 fully saturated rings. The van der Waals surface area contributed by atoms with Crippen LogP contribution in [0.2, 0.25) is 0 Å². The fourth-order valence-electron chi connectivity index (χ4n) is 3.68. The Hall–Kier alpha value is -3.22. The van der Waals surface area contributed by atoms with Crippen LogP contribution in [0.1, 0.15) is 48.8 Å². The molecule has 1 N–H and O–H groups in total. The van der Waals surface area contributed by atoms with Gasteiger partial charge in [-0.25, -0.2) is 4.98 Å². The topological polar surface area (TPSA) is 74.6 Å². The van der Waals surface area contributed by atoms with Gasteiger partial charge >= 0.3 is 0 Å². The van der Waals surface area contributed by atoms with Crippen LogP contribution in [-0.4, -0.2) is 36.8 Å². The molecule has 0 aliphatic rings. The van der Waals surface area contributed by atoms with Crippen LogP contribution in [-0.2, 0) is 13.1 Å². The van der Waals surface area contributed by atoms with Gasteiger partial charge in [-0.05, 0) is 30.7 Å². The summed E-state index contributed by atoms with van der Waals surface area (Å²) >= 11 is 0. The Bertz CT molecular complexity index is 1000. The van der Waals surface area contributed by atoms with Gasteiger partial charge in [-0.3, -0.25) is 4.79 Å². The number of aryl methyl sites for hydroxylation is 1. The van der Waals surface area contributed by atoms with Crippen LogP contribution >= 0.6 is 0 Å². The number of fused-ring (bicyclic) bond motifs is 1. The van der Waals surface area contributed by atoms with Crippen molar-refractivity contribution in [1.29, 1.82) is 0 Å². The Labute approximate surface area is 183 Å². The van der Waals surface area contributed by atoms with Crippen molar-refractivity contribution in [1.82, 2.24) is 14.9 Å². The maximum Gasteiger partial charge on any atom is 0.251 e. The molecule has 0 bridgehead atoms. The summed E-state index contributed by atoms with van der Waals surface area (Å²) in [5, 5.41) is 2.98. The lowest BCUT2D eigenvalue weighted by Gasteiger charge is -2.14. The van der Waals surface area contributed by atoms with Gasteiger partial charge in [0.1, 0.15) is 5.82 Å². The van der Waals surface area contributed by atoms with E-state index in [1.54, 1.807) is 12.1 Å². The molecule has 1 amide bonds. The molecule has 7 nitrogen and oxygen atoms in total. The van der Waals surface area contributed by atoms with E-state index in [2.05, 4.69) is 22.9 Å². The first kappa shape index (κ1) is 22.5. The molecule has 166 valence electrons. The molecule has 7 heteroatoms. The van der Waals surface area contributed by atoms with Gasteiger partial charge in [0, 0.05) is 12.1 Å². The molecule has 1 aromatic heterocycles. The Morgan fingerprint density at radius 3 is 2.35 bits per heavy atom. The maximum atomic E-state index is 12.9. The number of benzene rings is 2. The second-order valence-corrected chi connectivity index (χ2v) is 7.33. The molecule has 0 spiro atoms. The van der Waals surface area contributed by atoms with Crippen molar-refractivity contribution in [3.05, 3.63) is 47.8 Å². The van der Waals surface area contributed by atoms with E-state index in [4.69, 9.17) is 19.2 Å². The van der Waals surface area contributed by atoms with Gasteiger partial charge in [-0.15, -0.1) is 0 Å². The second-order valence-electron chi connectivity index (χ2n) is 7.33. The normalized spacial score (nSPS) is 10.8. The number of imidazole rings is 1. The van der Waals surface area contributed by atoms with E-state index in [9.17, 15) is 4.79 Å². The molecule has 0 saturated heterocycles. The minimum Gasteiger partial charge on any atom is -0.493 e. The molecule has 0 saturated carbocycles. The number of ether oxygens (including phenoxy) is 3. The number of rotatable bonds is 11. The number of unbranched alkanes of at least 4 members (excludes halogenated alkanes) is 3. The summed E-state index contributed by atoms with van der Waals surface area (Å²) in [6.45, 7) is 3.42. The highest BCUT2D eigenvalue weighted by Crippen LogP contribution is 2.38. The summed E-state index contributed by atoms with van der Waals surface area (Å²) in [6, 6.07) is 11.4. The van der Waals surface area contributed by atoms with Gasteiger partial charge in [0.15, 0.2) is 11.5 Å². The smallest absolute Gasteiger partial charge is 0.251 e. The van der Waals surface area contributed by atoms with Crippen LogP contribution in [0.25, 0.3) is 11.0 Å². The zero-order valence-electron chi connectivity index (χ0n) is 18.7. The van der Waals surface area contributed by atoms with Gasteiger partial charge in [0.2, 0.25) is 5.75 Å². The number of methoxy groups -OCH3 is 3. The van der Waals surface area contributed by atoms with Crippen LogP contribution in [0.3, 0.4) is 0 Å². The number of hydrogen-bond acceptors (Lipinski definition) is 5. The van der Waals surface area contributed by atoms with Crippen LogP contribution in [0.5, 0.6) is 17.2 Å². The lowest BCUT2D eigenvalue weighted by atomic mass is 10.1. The van der Waals surface area contributed by atoms with Gasteiger partial charge in [-0.1, -0.05) is 38.3 Å². The Morgan fingerprint density at radius 1 is 1.00 bits per heavy atom. The van der Waals surface area contributed by atoms with Crippen LogP contribution < -0.4 is 19.5 Å². The fourth-order valence-corrected chi connectivity index (χ4v) is 3.68. The van der Waals surface area contributed by atoms with Gasteiger partial charge in [0.25, 0.3) is 5.91 Å². The average molecular weight is 426 g/mol. The number of aromatic nitrogens is 2. The lowest BCUT2D eigenvalue weighted by Crippen LogP contribution is -2.25. The highest BCUT2D eigenvalue weighted by atomic mass is 16.5. The molecular formula is C24H31N3O4. The SMILES string of the molecule is CCCCCCn1c(CNC(=O)c2cc(OC)c(OC)c(OC)c2)nc2ccccc21. The van der Waals surface area contributed by atoms with Gasteiger partial charge in [-0.2, -0.15) is 0 Å². The summed E-state index contributed by atoms with van der Waals surface area (Å²) < 4.78 is 18.2. The van der Waals surface area contributed by atoms with E-state index in [-0.39, 0.29) is 5.91 Å². The van der Waals surface area contributed by atoms with Crippen molar-refractivity contribution in [2.45, 2.75) is 45.7 Å². The number of carbonyl (C=O) groups excluding carboxylic acids is 1. The summed E-state index contributed by atoms with van der Waals surface area (Å²) in [6.07, 6.45) is 4.68. The summed E-state index contributed by atoms with van der Waals surface area (Å²) in [7, 11) is 4.59. The number of nitrogens with one attached hydrogen (secondary N) is 1. The minimum absolute atomic E-state index is 0.233. The number of nitrogens with zero attached hydrogens (tertiary/aromatic N) is 2. The van der Waals surface area contributed by atoms with E-state index >= 15 is 0 Å². The van der Waals surface area contributed by atoms with Crippen molar-refractivity contribution in [3.8, 4) is 17.2 Å². The van der Waals surface area contributed by atoms with Crippen molar-refractivity contribution >= 4 is 16.9 Å². The monoisotopic (exact) mass is 425 g/mol. The third kappa shape index (κ3) is 5.10. The number of hydrogen-bond donors (Lipinski definition) is 1. The molecule has 0 aliphatic carbocycles. The maximum absolute atomic E-state index is 12.9. The highest BCUT2D eigenvalue weighted by molar-refractivity contribution is 5.95. The van der Waals surface area contributed by atoms with E-state index in [0.717, 1.165) is 29.8 Å². The quantitative estimate of drug-likeness (QED) is 0.456. The molecule has 0 radical (unpaired) electrons. The second kappa shape index (κ2) is 10.7. The molecule has 1 heterocycles. The molecule has 2 aromatic carbocycles. The molecular weight excluding hydrogens is 394 g/mol. The van der Waals surface area contributed by atoms with E-state index in [1.165, 1.54) is 40.6 Å². The first-order valence-corrected chi connectivity index (χ1v) is 10.6. The largest absolute Gasteiger partial charge is 0.493 e. The highest BCUT2D eigenvalue weighted by Gasteiger charge is 2.18. The molecule has 3 aromatic rings. The predicted octanol–water partition coefficient (Wildman–Crippen LogP) is 4.57. The minimum atomic E-state index is -0.233. The predicted molar refractivity (Wildman–Crippen MR) is 121 cm³/mol. The molecule has 0 aliphatic heterocycles. The lowest BCUT2D eigenvalue weighted by molar-refractivity contribution is 0.0948. The van der Waals surface area contributed by atoms with Crippen molar-refractivity contribution < 1.29 is 19.0 Å². The summed E-state index contributed by atoms with van der Waals surface area (Å²) in [4.78, 5) is 17.6. The van der Waals surface area contributed by atoms with E-state index in [1.807, 2.05) is 18.2 Å². The van der Waals surface area contributed by atoms with Crippen LogP contribution in [0, 0.1) is 0 Å². The number of amides is 1. The third-order valence-corrected chi connectivity index (χ3v) is 5.30. The number of para-hydroxylation sites is 2. The first-order valence-electron chi connectivity index (χ1n) is 10.6. The zero-order chi connectivity index (χ0) is 22.2. The van der Waals surface area contributed by atoms with Crippen LogP contribution in [0.4, 0.5) is 0 Å². The third-order valence-electron chi connectivity index (χ3n) is 5.30. The first-order chi connectivity index (χ1) is 15.1. The Balaban J connectivity index is 1.80. The van der Waals surface area contributed by atoms with E-state index < -0.39 is 0 Å². The molecule has 31 heavy (non-hydrogen) atoms. The Morgan fingerprint density at radius 2 is 1.71 bits per heavy atom. The molecule has 3 rings (SSSR count).